The fourth-order valence-electron chi connectivity index (χ4n) is 1.74. The van der Waals surface area contributed by atoms with E-state index in [1.54, 1.807) is 6.07 Å². The minimum atomic E-state index is -4.62. The molecule has 0 aliphatic rings. The van der Waals surface area contributed by atoms with E-state index in [9.17, 15) is 21.6 Å². The lowest BCUT2D eigenvalue weighted by atomic mass is 10.2. The molecule has 5 nitrogen and oxygen atoms in total. The average molecular weight is 375 g/mol. The van der Waals surface area contributed by atoms with E-state index in [2.05, 4.69) is 22.0 Å². The maximum absolute atomic E-state index is 13.1. The van der Waals surface area contributed by atoms with Gasteiger partial charge in [-0.2, -0.15) is 13.2 Å². The van der Waals surface area contributed by atoms with Crippen LogP contribution in [0.15, 0.2) is 50.9 Å². The standard InChI is InChI=1S/C16H20F3N3O2S/c1-11(2)25(23,24)15-8-6-5-7-14(15)22-10-13(16(17,18)19)9-21-12(3)20-4/h5-9,11,22H,4,10H2,1-3H3/b13-9+,21-12?. The van der Waals surface area contributed by atoms with Gasteiger partial charge in [0, 0.05) is 12.7 Å². The number of hydrogen-bond acceptors (Lipinski definition) is 4. The van der Waals surface area contributed by atoms with E-state index in [0.717, 1.165) is 0 Å². The molecular weight excluding hydrogens is 355 g/mol. The van der Waals surface area contributed by atoms with Crippen LogP contribution in [0.4, 0.5) is 18.9 Å². The predicted octanol–water partition coefficient (Wildman–Crippen LogP) is 3.85. The first-order valence-electron chi connectivity index (χ1n) is 7.34. The van der Waals surface area contributed by atoms with Crippen molar-refractivity contribution >= 4 is 28.1 Å². The Morgan fingerprint density at radius 3 is 2.44 bits per heavy atom. The van der Waals surface area contributed by atoms with E-state index in [0.29, 0.717) is 6.20 Å². The minimum Gasteiger partial charge on any atom is -0.380 e. The van der Waals surface area contributed by atoms with Crippen molar-refractivity contribution in [1.29, 1.82) is 0 Å². The number of para-hydroxylation sites is 1. The van der Waals surface area contributed by atoms with Crippen LogP contribution >= 0.6 is 0 Å². The Morgan fingerprint density at radius 1 is 1.32 bits per heavy atom. The first kappa shape index (κ1) is 20.9. The first-order valence-corrected chi connectivity index (χ1v) is 8.89. The molecule has 0 aliphatic carbocycles. The fraction of sp³-hybridized carbons (Fsp3) is 0.375. The molecule has 0 heterocycles. The summed E-state index contributed by atoms with van der Waals surface area (Å²) >= 11 is 0. The molecule has 0 unspecified atom stereocenters. The molecule has 0 saturated carbocycles. The van der Waals surface area contributed by atoms with Crippen LogP contribution < -0.4 is 5.32 Å². The van der Waals surface area contributed by atoms with Crippen LogP contribution in [-0.4, -0.2) is 38.9 Å². The fourth-order valence-corrected chi connectivity index (χ4v) is 2.96. The maximum atomic E-state index is 13.1. The van der Waals surface area contributed by atoms with Gasteiger partial charge in [0.2, 0.25) is 0 Å². The molecule has 0 spiro atoms. The second-order valence-corrected chi connectivity index (χ2v) is 7.90. The molecule has 0 aromatic heterocycles. The van der Waals surface area contributed by atoms with Crippen LogP contribution in [0.2, 0.25) is 0 Å². The number of aliphatic imine (C=N–C) groups is 2. The molecule has 0 amide bonds. The van der Waals surface area contributed by atoms with E-state index >= 15 is 0 Å². The quantitative estimate of drug-likeness (QED) is 0.606. The average Bonchev–Trinajstić information content (AvgIpc) is 2.53. The van der Waals surface area contributed by atoms with Crippen molar-refractivity contribution in [1.82, 2.24) is 0 Å². The first-order chi connectivity index (χ1) is 11.5. The summed E-state index contributed by atoms with van der Waals surface area (Å²) in [6.07, 6.45) is -3.97. The van der Waals surface area contributed by atoms with Crippen molar-refractivity contribution in [2.45, 2.75) is 37.1 Å². The Labute approximate surface area is 145 Å². The highest BCUT2D eigenvalue weighted by molar-refractivity contribution is 7.92. The summed E-state index contributed by atoms with van der Waals surface area (Å²) in [5, 5.41) is 1.84. The van der Waals surface area contributed by atoms with Gasteiger partial charge in [-0.1, -0.05) is 12.1 Å². The highest BCUT2D eigenvalue weighted by Crippen LogP contribution is 2.28. The van der Waals surface area contributed by atoms with Gasteiger partial charge in [-0.3, -0.25) is 0 Å². The molecule has 1 aromatic carbocycles. The number of hydrogen-bond donors (Lipinski definition) is 1. The van der Waals surface area contributed by atoms with Gasteiger partial charge in [0.05, 0.1) is 21.4 Å². The molecule has 138 valence electrons. The number of anilines is 1. The third-order valence-electron chi connectivity index (χ3n) is 3.28. The Balaban J connectivity index is 3.16. The Hall–Kier alpha value is -2.16. The molecule has 0 fully saturated rings. The third kappa shape index (κ3) is 5.70. The summed E-state index contributed by atoms with van der Waals surface area (Å²) in [5.74, 6) is 0.0875. The molecule has 1 N–H and O–H groups in total. The molecule has 9 heteroatoms. The third-order valence-corrected chi connectivity index (χ3v) is 5.49. The smallest absolute Gasteiger partial charge is 0.380 e. The predicted molar refractivity (Wildman–Crippen MR) is 94.0 cm³/mol. The maximum Gasteiger partial charge on any atom is 0.415 e. The van der Waals surface area contributed by atoms with Gasteiger partial charge in [0.25, 0.3) is 0 Å². The van der Waals surface area contributed by atoms with E-state index in [1.165, 1.54) is 39.0 Å². The zero-order valence-electron chi connectivity index (χ0n) is 14.1. The number of rotatable bonds is 6. The monoisotopic (exact) mass is 375 g/mol. The zero-order valence-corrected chi connectivity index (χ0v) is 14.9. The molecule has 0 bridgehead atoms. The van der Waals surface area contributed by atoms with Crippen LogP contribution in [0.3, 0.4) is 0 Å². The lowest BCUT2D eigenvalue weighted by Gasteiger charge is -2.16. The van der Waals surface area contributed by atoms with Gasteiger partial charge >= 0.3 is 6.18 Å². The summed E-state index contributed by atoms with van der Waals surface area (Å²) in [5.41, 5.74) is -0.860. The molecule has 1 aromatic rings. The van der Waals surface area contributed by atoms with Crippen molar-refractivity contribution < 1.29 is 21.6 Å². The van der Waals surface area contributed by atoms with Crippen LogP contribution in [0.5, 0.6) is 0 Å². The van der Waals surface area contributed by atoms with Crippen molar-refractivity contribution in [2.75, 3.05) is 11.9 Å². The van der Waals surface area contributed by atoms with Crippen LogP contribution in [0.1, 0.15) is 20.8 Å². The van der Waals surface area contributed by atoms with Gasteiger partial charge < -0.3 is 5.32 Å². The van der Waals surface area contributed by atoms with Crippen molar-refractivity contribution in [3.63, 3.8) is 0 Å². The number of amidine groups is 1. The molecule has 0 aliphatic heterocycles. The number of nitrogens with one attached hydrogen (secondary N) is 1. The van der Waals surface area contributed by atoms with Crippen LogP contribution in [0, 0.1) is 0 Å². The van der Waals surface area contributed by atoms with Crippen molar-refractivity contribution in [3.05, 3.63) is 36.0 Å². The van der Waals surface area contributed by atoms with Gasteiger partial charge in [-0.15, -0.1) is 0 Å². The zero-order chi connectivity index (χ0) is 19.3. The number of alkyl halides is 3. The molecule has 0 saturated heterocycles. The number of halogens is 3. The highest BCUT2D eigenvalue weighted by atomic mass is 32.2. The normalized spacial score (nSPS) is 13.9. The second-order valence-electron chi connectivity index (χ2n) is 5.43. The Kier molecular flexibility index (Phi) is 6.92. The Morgan fingerprint density at radius 2 is 1.92 bits per heavy atom. The SMILES string of the molecule is C=NC(C)=N/C=C(\CNc1ccccc1S(=O)(=O)C(C)C)C(F)(F)F. The van der Waals surface area contributed by atoms with Crippen molar-refractivity contribution in [3.8, 4) is 0 Å². The van der Waals surface area contributed by atoms with Gasteiger partial charge in [-0.25, -0.2) is 18.4 Å². The molecule has 25 heavy (non-hydrogen) atoms. The summed E-state index contributed by atoms with van der Waals surface area (Å²) < 4.78 is 64.0. The lowest BCUT2D eigenvalue weighted by Crippen LogP contribution is -2.21. The van der Waals surface area contributed by atoms with Gasteiger partial charge in [0.15, 0.2) is 9.84 Å². The van der Waals surface area contributed by atoms with E-state index in [4.69, 9.17) is 0 Å². The lowest BCUT2D eigenvalue weighted by molar-refractivity contribution is -0.0919. The molecular formula is C16H20F3N3O2S. The molecule has 0 atom stereocenters. The summed E-state index contributed by atoms with van der Waals surface area (Å²) in [6.45, 7) is 6.96. The molecule has 0 radical (unpaired) electrons. The summed E-state index contributed by atoms with van der Waals surface area (Å²) in [7, 11) is -3.63. The van der Waals surface area contributed by atoms with Crippen LogP contribution in [0.25, 0.3) is 0 Å². The largest absolute Gasteiger partial charge is 0.415 e. The Bertz CT molecular complexity index is 782. The topological polar surface area (TPSA) is 70.9 Å². The summed E-state index contributed by atoms with van der Waals surface area (Å²) in [4.78, 5) is 6.94. The minimum absolute atomic E-state index is 0.0426. The number of sulfone groups is 1. The van der Waals surface area contributed by atoms with Gasteiger partial charge in [0.1, 0.15) is 5.84 Å². The second kappa shape index (κ2) is 8.28. The van der Waals surface area contributed by atoms with E-state index in [-0.39, 0.29) is 16.4 Å². The number of nitrogens with zero attached hydrogens (tertiary/aromatic N) is 2. The van der Waals surface area contributed by atoms with E-state index < -0.39 is 33.4 Å². The van der Waals surface area contributed by atoms with Crippen molar-refractivity contribution in [2.24, 2.45) is 9.98 Å². The van der Waals surface area contributed by atoms with Gasteiger partial charge in [-0.05, 0) is 39.6 Å². The highest BCUT2D eigenvalue weighted by Gasteiger charge is 2.33. The number of benzene rings is 1. The van der Waals surface area contributed by atoms with E-state index in [1.807, 2.05) is 0 Å². The molecule has 1 rings (SSSR count). The summed E-state index contributed by atoms with van der Waals surface area (Å²) in [6, 6.07) is 5.84. The van der Waals surface area contributed by atoms with Crippen LogP contribution in [-0.2, 0) is 9.84 Å².